The van der Waals surface area contributed by atoms with Crippen molar-refractivity contribution in [2.45, 2.75) is 38.3 Å². The lowest BCUT2D eigenvalue weighted by atomic mass is 9.86. The maximum absolute atomic E-state index is 10.6. The third-order valence-corrected chi connectivity index (χ3v) is 9.82. The molecule has 0 spiro atoms. The summed E-state index contributed by atoms with van der Waals surface area (Å²) >= 11 is 1.57. The predicted octanol–water partition coefficient (Wildman–Crippen LogP) is 6.99. The van der Waals surface area contributed by atoms with E-state index < -0.39 is 5.60 Å². The highest BCUT2D eigenvalue weighted by molar-refractivity contribution is 7.15. The lowest BCUT2D eigenvalue weighted by Crippen LogP contribution is -2.27. The third kappa shape index (κ3) is 4.87. The molecule has 218 valence electrons. The van der Waals surface area contributed by atoms with Gasteiger partial charge in [-0.05, 0) is 74.6 Å². The van der Waals surface area contributed by atoms with Gasteiger partial charge < -0.3 is 14.4 Å². The summed E-state index contributed by atoms with van der Waals surface area (Å²) in [7, 11) is 1.89. The average molecular weight is 591 g/mol. The summed E-state index contributed by atoms with van der Waals surface area (Å²) in [5.41, 5.74) is 6.52. The first kappa shape index (κ1) is 27.6. The number of aromatic nitrogens is 6. The Labute approximate surface area is 254 Å². The van der Waals surface area contributed by atoms with Gasteiger partial charge in [0.05, 0.1) is 38.9 Å². The lowest BCUT2D eigenvalue weighted by Gasteiger charge is -2.32. The zero-order chi connectivity index (χ0) is 29.7. The van der Waals surface area contributed by atoms with Crippen LogP contribution in [0.2, 0.25) is 0 Å². The van der Waals surface area contributed by atoms with Crippen molar-refractivity contribution >= 4 is 39.5 Å². The quantitative estimate of drug-likeness (QED) is 0.215. The lowest BCUT2D eigenvalue weighted by molar-refractivity contribution is 0.0552. The van der Waals surface area contributed by atoms with Gasteiger partial charge in [0.25, 0.3) is 0 Å². The van der Waals surface area contributed by atoms with Crippen LogP contribution in [-0.4, -0.2) is 47.8 Å². The molecule has 6 heterocycles. The Morgan fingerprint density at radius 3 is 2.60 bits per heavy atom. The molecule has 0 unspecified atom stereocenters. The molecule has 9 heteroatoms. The van der Waals surface area contributed by atoms with Crippen LogP contribution in [0.4, 0.5) is 0 Å². The van der Waals surface area contributed by atoms with Gasteiger partial charge in [0.15, 0.2) is 0 Å². The van der Waals surface area contributed by atoms with E-state index in [9.17, 15) is 5.11 Å². The molecule has 1 saturated heterocycles. The largest absolute Gasteiger partial charge is 0.385 e. The van der Waals surface area contributed by atoms with Crippen LogP contribution in [0.3, 0.4) is 0 Å². The predicted molar refractivity (Wildman–Crippen MR) is 172 cm³/mol. The molecule has 1 fully saturated rings. The molecule has 1 atom stereocenters. The Kier molecular flexibility index (Phi) is 6.96. The molecule has 0 bridgehead atoms. The number of hydrogen-bond acceptors (Lipinski definition) is 7. The highest BCUT2D eigenvalue weighted by Gasteiger charge is 2.31. The smallest absolute Gasteiger partial charge is 0.143 e. The molecule has 0 radical (unpaired) electrons. The fourth-order valence-corrected chi connectivity index (χ4v) is 7.26. The summed E-state index contributed by atoms with van der Waals surface area (Å²) in [6.07, 6.45) is 5.54. The number of aryl methyl sites for hydroxylation is 1. The van der Waals surface area contributed by atoms with Gasteiger partial charge in [-0.3, -0.25) is 4.98 Å². The van der Waals surface area contributed by atoms with Gasteiger partial charge in [0.1, 0.15) is 11.3 Å². The van der Waals surface area contributed by atoms with E-state index in [1.54, 1.807) is 22.1 Å². The van der Waals surface area contributed by atoms with E-state index in [0.717, 1.165) is 80.5 Å². The summed E-state index contributed by atoms with van der Waals surface area (Å²) in [5, 5.41) is 20.2. The van der Waals surface area contributed by atoms with Crippen molar-refractivity contribution in [3.05, 3.63) is 89.6 Å². The van der Waals surface area contributed by atoms with Crippen LogP contribution in [0.15, 0.2) is 73.4 Å². The first-order valence-corrected chi connectivity index (χ1v) is 15.4. The third-order valence-electron chi connectivity index (χ3n) is 8.40. The van der Waals surface area contributed by atoms with E-state index in [1.165, 1.54) is 5.56 Å². The molecule has 1 aliphatic heterocycles. The fraction of sp³-hybridized carbons (Fsp3) is 0.294. The van der Waals surface area contributed by atoms with Crippen molar-refractivity contribution in [1.29, 1.82) is 0 Å². The van der Waals surface area contributed by atoms with Crippen molar-refractivity contribution < 1.29 is 9.84 Å². The van der Waals surface area contributed by atoms with Crippen molar-refractivity contribution in [3.63, 3.8) is 0 Å². The highest BCUT2D eigenvalue weighted by Crippen LogP contribution is 2.42. The van der Waals surface area contributed by atoms with Gasteiger partial charge in [0.2, 0.25) is 0 Å². The fourth-order valence-electron chi connectivity index (χ4n) is 6.29. The Hall–Kier alpha value is -4.18. The topological polar surface area (TPSA) is 90.9 Å². The molecule has 5 aromatic heterocycles. The van der Waals surface area contributed by atoms with Crippen molar-refractivity contribution in [2.75, 3.05) is 13.2 Å². The monoisotopic (exact) mass is 590 g/mol. The Balaban J connectivity index is 1.52. The summed E-state index contributed by atoms with van der Waals surface area (Å²) in [6.45, 7) is 9.06. The van der Waals surface area contributed by atoms with Gasteiger partial charge in [-0.1, -0.05) is 42.1 Å². The van der Waals surface area contributed by atoms with E-state index in [0.29, 0.717) is 5.92 Å². The Morgan fingerprint density at radius 2 is 1.88 bits per heavy atom. The second kappa shape index (κ2) is 10.8. The number of ether oxygens (including phenoxy) is 1. The van der Waals surface area contributed by atoms with Gasteiger partial charge in [-0.25, -0.2) is 9.67 Å². The van der Waals surface area contributed by atoms with Crippen LogP contribution < -0.4 is 0 Å². The second-order valence-electron chi connectivity index (χ2n) is 11.7. The van der Waals surface area contributed by atoms with Gasteiger partial charge >= 0.3 is 0 Å². The minimum absolute atomic E-state index is 0.0312. The summed E-state index contributed by atoms with van der Waals surface area (Å²) < 4.78 is 9.98. The zero-order valence-electron chi connectivity index (χ0n) is 24.6. The summed E-state index contributed by atoms with van der Waals surface area (Å²) in [4.78, 5) is 12.3. The Bertz CT molecular complexity index is 1940. The van der Waals surface area contributed by atoms with E-state index >= 15 is 0 Å². The second-order valence-corrected chi connectivity index (χ2v) is 12.8. The number of thiophene rings is 1. The van der Waals surface area contributed by atoms with Crippen LogP contribution >= 0.6 is 11.3 Å². The number of fused-ring (bicyclic) bond motifs is 3. The molecule has 0 saturated carbocycles. The number of rotatable bonds is 7. The van der Waals surface area contributed by atoms with Gasteiger partial charge in [-0.15, -0.1) is 16.4 Å². The number of hydrogen-bond donors (Lipinski definition) is 1. The molecule has 0 amide bonds. The normalized spacial score (nSPS) is 15.3. The van der Waals surface area contributed by atoms with Crippen molar-refractivity contribution in [1.82, 2.24) is 29.5 Å². The molecular weight excluding hydrogens is 556 g/mol. The number of aliphatic hydroxyl groups is 1. The summed E-state index contributed by atoms with van der Waals surface area (Å²) in [5.74, 6) is 0.356. The van der Waals surface area contributed by atoms with Gasteiger partial charge in [0, 0.05) is 42.3 Å². The van der Waals surface area contributed by atoms with E-state index in [1.807, 2.05) is 33.2 Å². The SMILES string of the molecule is C=Cc1nnn(C)c1-c1cnc2c3ccc(-c4ccc(C(C)(C)O)s4)nc3n([C@H](c3ccccc3)C3CCOCC3)c2c1. The maximum Gasteiger partial charge on any atom is 0.143 e. The van der Waals surface area contributed by atoms with Crippen LogP contribution in [-0.2, 0) is 17.4 Å². The zero-order valence-corrected chi connectivity index (χ0v) is 25.4. The molecule has 8 nitrogen and oxygen atoms in total. The first-order valence-electron chi connectivity index (χ1n) is 14.6. The van der Waals surface area contributed by atoms with E-state index in [2.05, 4.69) is 76.1 Å². The molecular formula is C34H34N6O2S. The van der Waals surface area contributed by atoms with Crippen LogP contribution in [0.1, 0.15) is 48.9 Å². The summed E-state index contributed by atoms with van der Waals surface area (Å²) in [6, 6.07) is 21.2. The highest BCUT2D eigenvalue weighted by atomic mass is 32.1. The Morgan fingerprint density at radius 1 is 1.09 bits per heavy atom. The van der Waals surface area contributed by atoms with Crippen LogP contribution in [0, 0.1) is 5.92 Å². The maximum atomic E-state index is 10.6. The number of benzene rings is 1. The minimum Gasteiger partial charge on any atom is -0.385 e. The molecule has 7 rings (SSSR count). The van der Waals surface area contributed by atoms with Crippen molar-refractivity contribution in [3.8, 4) is 21.8 Å². The molecule has 6 aromatic rings. The average Bonchev–Trinajstić information content (AvgIpc) is 3.74. The number of pyridine rings is 2. The van der Waals surface area contributed by atoms with Crippen LogP contribution in [0.25, 0.3) is 50.0 Å². The standard InChI is InChI=1S/C34H34N6O2S/c1-5-25-32(39(4)38-37-25)23-19-27-30(35-20-23)24-11-12-26(28-13-14-29(43-28)34(2,3)41)36-33(24)40(27)31(21-9-7-6-8-10-21)22-15-17-42-18-16-22/h5-14,19-20,22,31,41H,1,15-18H2,2-4H3/t31-/m1/s1. The van der Waals surface area contributed by atoms with E-state index in [-0.39, 0.29) is 6.04 Å². The molecule has 0 aliphatic carbocycles. The van der Waals surface area contributed by atoms with Crippen LogP contribution in [0.5, 0.6) is 0 Å². The number of nitrogens with zero attached hydrogens (tertiary/aromatic N) is 6. The molecule has 1 N–H and O–H groups in total. The van der Waals surface area contributed by atoms with Gasteiger partial charge in [-0.2, -0.15) is 0 Å². The molecule has 1 aromatic carbocycles. The minimum atomic E-state index is -0.908. The molecule has 43 heavy (non-hydrogen) atoms. The van der Waals surface area contributed by atoms with Crippen molar-refractivity contribution in [2.24, 2.45) is 13.0 Å². The van der Waals surface area contributed by atoms with E-state index in [4.69, 9.17) is 14.7 Å². The molecule has 1 aliphatic rings. The first-order chi connectivity index (χ1) is 20.8.